The zero-order chi connectivity index (χ0) is 21.1. The summed E-state index contributed by atoms with van der Waals surface area (Å²) in [6.45, 7) is 1.64. The Morgan fingerprint density at radius 1 is 1.13 bits per heavy atom. The lowest BCUT2D eigenvalue weighted by molar-refractivity contribution is -0.120. The molecular weight excluding hydrogens is 418 g/mol. The highest BCUT2D eigenvalue weighted by molar-refractivity contribution is 7.88. The van der Waals surface area contributed by atoms with E-state index >= 15 is 0 Å². The summed E-state index contributed by atoms with van der Waals surface area (Å²) >= 11 is 1.55. The minimum Gasteiger partial charge on any atom is -0.355 e. The monoisotopic (exact) mass is 443 g/mol. The molecule has 1 aliphatic heterocycles. The molecule has 0 bridgehead atoms. The lowest BCUT2D eigenvalue weighted by atomic mass is 9.98. The fourth-order valence-corrected chi connectivity index (χ4v) is 5.64. The number of piperidine rings is 1. The van der Waals surface area contributed by atoms with Crippen LogP contribution in [0.4, 0.5) is 0 Å². The Kier molecular flexibility index (Phi) is 6.17. The molecule has 0 atom stereocenters. The number of nitrogens with one attached hydrogen (secondary N) is 1. The fraction of sp³-hybridized carbons (Fsp3) is 0.364. The van der Waals surface area contributed by atoms with E-state index in [1.807, 2.05) is 24.3 Å². The van der Waals surface area contributed by atoms with E-state index in [1.165, 1.54) is 10.6 Å². The van der Waals surface area contributed by atoms with E-state index in [2.05, 4.69) is 34.6 Å². The quantitative estimate of drug-likeness (QED) is 0.634. The Labute approximate surface area is 181 Å². The van der Waals surface area contributed by atoms with Crippen molar-refractivity contribution in [1.82, 2.24) is 14.6 Å². The van der Waals surface area contributed by atoms with Crippen LogP contribution < -0.4 is 5.32 Å². The van der Waals surface area contributed by atoms with Crippen LogP contribution in [0.1, 0.15) is 17.8 Å². The SMILES string of the molecule is CS(=O)(=O)N1CCC(CNC(=O)Cc2nc3ccc(-c4ccccc4)cc3s2)CC1. The van der Waals surface area contributed by atoms with Crippen molar-refractivity contribution >= 4 is 37.5 Å². The van der Waals surface area contributed by atoms with Crippen LogP contribution in [0, 0.1) is 5.92 Å². The van der Waals surface area contributed by atoms with E-state index in [4.69, 9.17) is 0 Å². The van der Waals surface area contributed by atoms with Gasteiger partial charge in [-0.15, -0.1) is 11.3 Å². The molecule has 0 unspecified atom stereocenters. The lowest BCUT2D eigenvalue weighted by Crippen LogP contribution is -2.41. The van der Waals surface area contributed by atoms with Crippen molar-refractivity contribution in [3.05, 3.63) is 53.5 Å². The molecular formula is C22H25N3O3S2. The largest absolute Gasteiger partial charge is 0.355 e. The van der Waals surface area contributed by atoms with Crippen molar-refractivity contribution in [3.63, 3.8) is 0 Å². The van der Waals surface area contributed by atoms with Gasteiger partial charge in [0.1, 0.15) is 5.01 Å². The molecule has 3 aromatic rings. The van der Waals surface area contributed by atoms with Gasteiger partial charge in [0.15, 0.2) is 0 Å². The zero-order valence-corrected chi connectivity index (χ0v) is 18.5. The van der Waals surface area contributed by atoms with Gasteiger partial charge >= 0.3 is 0 Å². The number of fused-ring (bicyclic) bond motifs is 1. The standard InChI is InChI=1S/C22H25N3O3S2/c1-30(27,28)25-11-9-16(10-12-25)15-23-21(26)14-22-24-19-8-7-18(13-20(19)29-22)17-5-3-2-4-6-17/h2-8,13,16H,9-12,14-15H2,1H3,(H,23,26). The van der Waals surface area contributed by atoms with Crippen molar-refractivity contribution in [2.75, 3.05) is 25.9 Å². The summed E-state index contributed by atoms with van der Waals surface area (Å²) < 4.78 is 25.8. The zero-order valence-electron chi connectivity index (χ0n) is 16.9. The number of benzene rings is 2. The van der Waals surface area contributed by atoms with Gasteiger partial charge in [-0.3, -0.25) is 4.79 Å². The van der Waals surface area contributed by atoms with Crippen LogP contribution in [0.25, 0.3) is 21.3 Å². The summed E-state index contributed by atoms with van der Waals surface area (Å²) in [4.78, 5) is 17.0. The summed E-state index contributed by atoms with van der Waals surface area (Å²) in [5, 5.41) is 3.80. The Hall–Kier alpha value is -2.29. The molecule has 6 nitrogen and oxygen atoms in total. The van der Waals surface area contributed by atoms with Gasteiger partial charge in [0, 0.05) is 19.6 Å². The molecule has 2 aromatic carbocycles. The molecule has 8 heteroatoms. The number of carbonyl (C=O) groups excluding carboxylic acids is 1. The normalized spacial score (nSPS) is 16.0. The summed E-state index contributed by atoms with van der Waals surface area (Å²) in [5.74, 6) is 0.277. The van der Waals surface area contributed by atoms with Gasteiger partial charge in [-0.1, -0.05) is 36.4 Å². The van der Waals surface area contributed by atoms with Crippen LogP contribution in [0.5, 0.6) is 0 Å². The van der Waals surface area contributed by atoms with E-state index < -0.39 is 10.0 Å². The second kappa shape index (κ2) is 8.83. The van der Waals surface area contributed by atoms with Crippen LogP contribution >= 0.6 is 11.3 Å². The first kappa shape index (κ1) is 21.0. The highest BCUT2D eigenvalue weighted by Crippen LogP contribution is 2.28. The molecule has 0 saturated carbocycles. The lowest BCUT2D eigenvalue weighted by Gasteiger charge is -2.30. The first-order valence-corrected chi connectivity index (χ1v) is 12.7. The first-order valence-electron chi connectivity index (χ1n) is 10.1. The molecule has 1 N–H and O–H groups in total. The fourth-order valence-electron chi connectivity index (χ4n) is 3.76. The molecule has 1 aliphatic rings. The van der Waals surface area contributed by atoms with E-state index in [-0.39, 0.29) is 12.3 Å². The molecule has 158 valence electrons. The van der Waals surface area contributed by atoms with Crippen LogP contribution in [0.15, 0.2) is 48.5 Å². The maximum absolute atomic E-state index is 12.4. The van der Waals surface area contributed by atoms with Crippen LogP contribution in [0.2, 0.25) is 0 Å². The van der Waals surface area contributed by atoms with Gasteiger partial charge < -0.3 is 5.32 Å². The van der Waals surface area contributed by atoms with Gasteiger partial charge in [-0.05, 0) is 42.0 Å². The molecule has 4 rings (SSSR count). The molecule has 1 aromatic heterocycles. The number of rotatable bonds is 6. The van der Waals surface area contributed by atoms with Gasteiger partial charge in [-0.25, -0.2) is 17.7 Å². The molecule has 0 radical (unpaired) electrons. The minimum absolute atomic E-state index is 0.0390. The Morgan fingerprint density at radius 2 is 1.87 bits per heavy atom. The van der Waals surface area contributed by atoms with Crippen molar-refractivity contribution < 1.29 is 13.2 Å². The molecule has 2 heterocycles. The maximum Gasteiger partial charge on any atom is 0.226 e. The number of amides is 1. The van der Waals surface area contributed by atoms with Gasteiger partial charge in [0.2, 0.25) is 15.9 Å². The van der Waals surface area contributed by atoms with E-state index in [0.717, 1.165) is 39.2 Å². The molecule has 1 fully saturated rings. The molecule has 0 aliphatic carbocycles. The van der Waals surface area contributed by atoms with Crippen molar-refractivity contribution in [1.29, 1.82) is 0 Å². The number of aromatic nitrogens is 1. The van der Waals surface area contributed by atoms with Gasteiger partial charge in [0.25, 0.3) is 0 Å². The maximum atomic E-state index is 12.4. The third-order valence-electron chi connectivity index (χ3n) is 5.48. The van der Waals surface area contributed by atoms with Gasteiger partial charge in [0.05, 0.1) is 22.9 Å². The average molecular weight is 444 g/mol. The van der Waals surface area contributed by atoms with E-state index in [0.29, 0.717) is 25.6 Å². The predicted octanol–water partition coefficient (Wildman–Crippen LogP) is 3.29. The summed E-state index contributed by atoms with van der Waals surface area (Å²) in [6.07, 6.45) is 3.06. The highest BCUT2D eigenvalue weighted by Gasteiger charge is 2.25. The van der Waals surface area contributed by atoms with Crippen LogP contribution in [-0.4, -0.2) is 49.5 Å². The van der Waals surface area contributed by atoms with Crippen LogP contribution in [-0.2, 0) is 21.2 Å². The van der Waals surface area contributed by atoms with Crippen LogP contribution in [0.3, 0.4) is 0 Å². The second-order valence-electron chi connectivity index (χ2n) is 7.74. The number of sulfonamides is 1. The third-order valence-corrected chi connectivity index (χ3v) is 7.80. The number of hydrogen-bond acceptors (Lipinski definition) is 5. The molecule has 1 amide bonds. The summed E-state index contributed by atoms with van der Waals surface area (Å²) in [7, 11) is -3.12. The minimum atomic E-state index is -3.12. The van der Waals surface area contributed by atoms with Crippen molar-refractivity contribution in [2.45, 2.75) is 19.3 Å². The Balaban J connectivity index is 1.32. The highest BCUT2D eigenvalue weighted by atomic mass is 32.2. The average Bonchev–Trinajstić information content (AvgIpc) is 3.14. The smallest absolute Gasteiger partial charge is 0.226 e. The first-order chi connectivity index (χ1) is 14.4. The predicted molar refractivity (Wildman–Crippen MR) is 121 cm³/mol. The number of nitrogens with zero attached hydrogens (tertiary/aromatic N) is 2. The molecule has 0 spiro atoms. The number of carbonyl (C=O) groups is 1. The van der Waals surface area contributed by atoms with Crippen molar-refractivity contribution in [2.24, 2.45) is 5.92 Å². The molecule has 30 heavy (non-hydrogen) atoms. The molecule has 1 saturated heterocycles. The van der Waals surface area contributed by atoms with E-state index in [9.17, 15) is 13.2 Å². The van der Waals surface area contributed by atoms with Crippen molar-refractivity contribution in [3.8, 4) is 11.1 Å². The Bertz CT molecular complexity index is 1130. The van der Waals surface area contributed by atoms with Gasteiger partial charge in [-0.2, -0.15) is 0 Å². The Morgan fingerprint density at radius 3 is 2.57 bits per heavy atom. The summed E-state index contributed by atoms with van der Waals surface area (Å²) in [6, 6.07) is 16.4. The second-order valence-corrected chi connectivity index (χ2v) is 10.8. The number of thiazole rings is 1. The topological polar surface area (TPSA) is 79.4 Å². The summed E-state index contributed by atoms with van der Waals surface area (Å²) in [5.41, 5.74) is 3.22. The third kappa shape index (κ3) is 5.06. The number of hydrogen-bond donors (Lipinski definition) is 1. The van der Waals surface area contributed by atoms with E-state index in [1.54, 1.807) is 11.3 Å².